The van der Waals surface area contributed by atoms with Crippen LogP contribution in [0.25, 0.3) is 22.3 Å². The van der Waals surface area contributed by atoms with E-state index in [1.807, 2.05) is 0 Å². The van der Waals surface area contributed by atoms with Crippen LogP contribution in [0.1, 0.15) is 60.0 Å². The van der Waals surface area contributed by atoms with Gasteiger partial charge in [-0.15, -0.1) is 0 Å². The Morgan fingerprint density at radius 1 is 1.23 bits per heavy atom. The molecular weight excluding hydrogens is 558 g/mol. The van der Waals surface area contributed by atoms with Gasteiger partial charge in [0.1, 0.15) is 11.4 Å². The number of halogens is 5. The molecule has 40 heavy (non-hydrogen) atoms. The number of carbonyl (C=O) groups excluding carboxylic acids is 2. The summed E-state index contributed by atoms with van der Waals surface area (Å²) in [4.78, 5) is 43.3. The Labute approximate surface area is 228 Å². The van der Waals surface area contributed by atoms with Gasteiger partial charge in [0, 0.05) is 34.6 Å². The molecular formula is C27H22ClF4N3O5. The summed E-state index contributed by atoms with van der Waals surface area (Å²) in [6.45, 7) is 1.56. The molecule has 0 fully saturated rings. The van der Waals surface area contributed by atoms with Crippen LogP contribution in [0.3, 0.4) is 0 Å². The van der Waals surface area contributed by atoms with Gasteiger partial charge in [0.05, 0.1) is 34.5 Å². The first-order valence-electron chi connectivity index (χ1n) is 12.7. The monoisotopic (exact) mass is 579 g/mol. The topological polar surface area (TPSA) is 122 Å². The van der Waals surface area contributed by atoms with Crippen molar-refractivity contribution < 1.29 is 37.4 Å². The predicted molar refractivity (Wildman–Crippen MR) is 134 cm³/mol. The normalized spacial score (nSPS) is 22.1. The van der Waals surface area contributed by atoms with Crippen LogP contribution in [0, 0.1) is 5.82 Å². The van der Waals surface area contributed by atoms with Crippen LogP contribution < -0.4 is 10.9 Å². The largest absolute Gasteiger partial charge is 0.423 e. The molecule has 1 amide bonds. The number of nitrogens with one attached hydrogen (secondary N) is 1. The van der Waals surface area contributed by atoms with Crippen LogP contribution in [-0.4, -0.2) is 43.7 Å². The van der Waals surface area contributed by atoms with Crippen LogP contribution in [0.4, 0.5) is 17.6 Å². The van der Waals surface area contributed by atoms with Crippen molar-refractivity contribution in [3.05, 3.63) is 61.1 Å². The number of aliphatic hydroxyl groups is 2. The minimum Gasteiger partial charge on any atom is -0.377 e. The number of benzene rings is 1. The summed E-state index contributed by atoms with van der Waals surface area (Å²) in [5.41, 5.74) is -0.173. The average Bonchev–Trinajstić information content (AvgIpc) is 3.27. The highest BCUT2D eigenvalue weighted by Gasteiger charge is 2.46. The van der Waals surface area contributed by atoms with Gasteiger partial charge in [-0.25, -0.2) is 9.37 Å². The van der Waals surface area contributed by atoms with Crippen molar-refractivity contribution >= 4 is 34.2 Å². The molecule has 1 aliphatic heterocycles. The van der Waals surface area contributed by atoms with Crippen molar-refractivity contribution in [2.75, 3.05) is 0 Å². The highest BCUT2D eigenvalue weighted by molar-refractivity contribution is 6.32. The molecule has 0 saturated carbocycles. The van der Waals surface area contributed by atoms with Crippen LogP contribution in [0.15, 0.2) is 16.9 Å². The predicted octanol–water partition coefficient (Wildman–Crippen LogP) is 3.36. The number of rotatable bonds is 3. The summed E-state index contributed by atoms with van der Waals surface area (Å²) >= 11 is 6.26. The maximum absolute atomic E-state index is 14.8. The first-order valence-corrected chi connectivity index (χ1v) is 13.1. The van der Waals surface area contributed by atoms with Gasteiger partial charge in [0.25, 0.3) is 11.5 Å². The Balaban J connectivity index is 1.60. The molecule has 0 radical (unpaired) electrons. The third kappa shape index (κ3) is 3.65. The fraction of sp³-hybridized carbons (Fsp3) is 0.407. The van der Waals surface area contributed by atoms with Crippen molar-refractivity contribution in [1.29, 1.82) is 0 Å². The lowest BCUT2D eigenvalue weighted by atomic mass is 9.77. The zero-order valence-corrected chi connectivity index (χ0v) is 21.7. The van der Waals surface area contributed by atoms with E-state index in [1.54, 1.807) is 6.92 Å². The Morgan fingerprint density at radius 3 is 2.62 bits per heavy atom. The molecule has 0 unspecified atom stereocenters. The van der Waals surface area contributed by atoms with Crippen molar-refractivity contribution in [2.24, 2.45) is 0 Å². The average molecular weight is 580 g/mol. The molecule has 0 spiro atoms. The van der Waals surface area contributed by atoms with Gasteiger partial charge < -0.3 is 20.1 Å². The van der Waals surface area contributed by atoms with Crippen molar-refractivity contribution in [3.63, 3.8) is 0 Å². The van der Waals surface area contributed by atoms with Crippen LogP contribution in [0.5, 0.6) is 0 Å². The molecule has 0 bridgehead atoms. The van der Waals surface area contributed by atoms with E-state index in [2.05, 4.69) is 10.3 Å². The number of pyridine rings is 2. The lowest BCUT2D eigenvalue weighted by Gasteiger charge is -2.32. The number of hydrogen-bond donors (Lipinski definition) is 3. The fourth-order valence-corrected chi connectivity index (χ4v) is 6.52. The molecule has 3 aliphatic rings. The second kappa shape index (κ2) is 8.82. The summed E-state index contributed by atoms with van der Waals surface area (Å²) < 4.78 is 55.4. The molecule has 2 aliphatic carbocycles. The van der Waals surface area contributed by atoms with Crippen LogP contribution in [0.2, 0.25) is 5.02 Å². The molecule has 3 atom stereocenters. The van der Waals surface area contributed by atoms with Gasteiger partial charge >= 0.3 is 6.18 Å². The van der Waals surface area contributed by atoms with Gasteiger partial charge in [-0.05, 0) is 42.9 Å². The molecule has 3 heterocycles. The molecule has 210 valence electrons. The molecule has 3 N–H and O–H groups in total. The van der Waals surface area contributed by atoms with Crippen molar-refractivity contribution in [2.45, 2.75) is 69.5 Å². The van der Waals surface area contributed by atoms with Gasteiger partial charge in [0.2, 0.25) is 6.10 Å². The van der Waals surface area contributed by atoms with E-state index in [0.717, 1.165) is 6.07 Å². The molecule has 3 aromatic rings. The highest BCUT2D eigenvalue weighted by Crippen LogP contribution is 2.47. The van der Waals surface area contributed by atoms with Gasteiger partial charge in [0.15, 0.2) is 5.78 Å². The first-order chi connectivity index (χ1) is 18.8. The van der Waals surface area contributed by atoms with E-state index in [-0.39, 0.29) is 71.7 Å². The molecule has 2 aromatic heterocycles. The maximum Gasteiger partial charge on any atom is 0.423 e. The Bertz CT molecular complexity index is 1720. The molecule has 1 aromatic carbocycles. The minimum atomic E-state index is -5.19. The van der Waals surface area contributed by atoms with E-state index in [4.69, 9.17) is 11.6 Å². The van der Waals surface area contributed by atoms with E-state index < -0.39 is 47.0 Å². The smallest absolute Gasteiger partial charge is 0.377 e. The standard InChI is InChI=1S/C27H22ClF4N3O5/c1-2-26(40)13-7-17-22-12(9-35(17)25(39)10(13)4-6-18(26)36)20-15(34-24(38)23(37)27(30,31)32)5-3-11-19(20)16(33-22)8-14(29)21(11)28/h7-8,15,23,37,40H,2-6,9H2,1H3,(H,34,38)/t15-,23-,26-/m0/s1. The third-order valence-electron chi connectivity index (χ3n) is 8.29. The number of aliphatic hydroxyl groups excluding tert-OH is 1. The number of ketones is 1. The number of aryl methyl sites for hydroxylation is 1. The Hall–Kier alpha value is -3.35. The van der Waals surface area contributed by atoms with Gasteiger partial charge in [-0.1, -0.05) is 18.5 Å². The number of alkyl halides is 3. The zero-order valence-electron chi connectivity index (χ0n) is 21.0. The number of aromatic nitrogens is 2. The van der Waals surface area contributed by atoms with Crippen molar-refractivity contribution in [1.82, 2.24) is 14.9 Å². The van der Waals surface area contributed by atoms with Crippen molar-refractivity contribution in [3.8, 4) is 11.4 Å². The fourth-order valence-electron chi connectivity index (χ4n) is 6.28. The number of nitrogens with zero attached hydrogens (tertiary/aromatic N) is 2. The number of Topliss-reactive ketones (excluding diaryl/α,β-unsaturated/α-hetero) is 1. The maximum atomic E-state index is 14.8. The summed E-state index contributed by atoms with van der Waals surface area (Å²) in [5, 5.41) is 23.2. The molecule has 13 heteroatoms. The van der Waals surface area contributed by atoms with Crippen LogP contribution in [-0.2, 0) is 34.6 Å². The Morgan fingerprint density at radius 2 is 1.95 bits per heavy atom. The lowest BCUT2D eigenvalue weighted by molar-refractivity contribution is -0.205. The van der Waals surface area contributed by atoms with E-state index in [0.29, 0.717) is 22.1 Å². The number of amides is 1. The second-order valence-corrected chi connectivity index (χ2v) is 10.8. The lowest BCUT2D eigenvalue weighted by Crippen LogP contribution is -2.45. The van der Waals surface area contributed by atoms with E-state index in [9.17, 15) is 42.2 Å². The summed E-state index contributed by atoms with van der Waals surface area (Å²) in [6.07, 6.45) is -8.13. The minimum absolute atomic E-state index is 0.0109. The molecule has 8 nitrogen and oxygen atoms in total. The Kier molecular flexibility index (Phi) is 5.92. The molecule has 0 saturated heterocycles. The SMILES string of the molecule is CC[C@@]1(O)C(=O)CCc2c1cc1n(c2=O)Cc2c-1nc1cc(F)c(Cl)c3c1c2[C@@H](NC(=O)[C@H](O)C(F)(F)F)CC3. The summed E-state index contributed by atoms with van der Waals surface area (Å²) in [5.74, 6) is -2.83. The highest BCUT2D eigenvalue weighted by atomic mass is 35.5. The summed E-state index contributed by atoms with van der Waals surface area (Å²) in [7, 11) is 0. The van der Waals surface area contributed by atoms with Gasteiger partial charge in [-0.3, -0.25) is 14.4 Å². The number of carbonyl (C=O) groups is 2. The molecule has 6 rings (SSSR count). The third-order valence-corrected chi connectivity index (χ3v) is 8.70. The van der Waals surface area contributed by atoms with Gasteiger partial charge in [-0.2, -0.15) is 13.2 Å². The quantitative estimate of drug-likeness (QED) is 0.320. The first kappa shape index (κ1) is 26.9. The zero-order chi connectivity index (χ0) is 28.9. The number of fused-ring (bicyclic) bond motifs is 5. The number of hydrogen-bond acceptors (Lipinski definition) is 6. The van der Waals surface area contributed by atoms with Crippen LogP contribution >= 0.6 is 11.6 Å². The van der Waals surface area contributed by atoms with E-state index >= 15 is 0 Å². The van der Waals surface area contributed by atoms with E-state index in [1.165, 1.54) is 10.6 Å². The summed E-state index contributed by atoms with van der Waals surface area (Å²) in [6, 6.07) is 1.56. The second-order valence-electron chi connectivity index (χ2n) is 10.4.